The molecule has 9 aromatic carbocycles. The van der Waals surface area contributed by atoms with Crippen LogP contribution in [-0.2, 0) is 12.5 Å². The van der Waals surface area contributed by atoms with Gasteiger partial charge in [0.2, 0.25) is 0 Å². The zero-order valence-electron chi connectivity index (χ0n) is 37.2. The van der Waals surface area contributed by atoms with Crippen LogP contribution >= 0.6 is 0 Å². The minimum absolute atomic E-state index is 0.102. The minimum atomic E-state index is -0.636. The maximum Gasteiger partial charge on any atom is 0.0725 e. The van der Waals surface area contributed by atoms with E-state index in [1.54, 1.807) is 4.90 Å². The second-order valence-corrected chi connectivity index (χ2v) is 15.4. The van der Waals surface area contributed by atoms with E-state index in [9.17, 15) is 0 Å². The van der Waals surface area contributed by atoms with E-state index in [0.717, 1.165) is 39.3 Å². The molecule has 0 saturated heterocycles. The summed E-state index contributed by atoms with van der Waals surface area (Å²) < 4.78 is 45.9. The molecule has 10 aromatic rings. The first-order valence-corrected chi connectivity index (χ1v) is 20.0. The van der Waals surface area contributed by atoms with Gasteiger partial charge in [0, 0.05) is 57.5 Å². The Morgan fingerprint density at radius 3 is 1.44 bits per heavy atom. The highest BCUT2D eigenvalue weighted by molar-refractivity contribution is 6.09. The predicted molar refractivity (Wildman–Crippen MR) is 246 cm³/mol. The van der Waals surface area contributed by atoms with Gasteiger partial charge in [0.1, 0.15) is 0 Å². The lowest BCUT2D eigenvalue weighted by Crippen LogP contribution is -2.26. The van der Waals surface area contributed by atoms with Crippen LogP contribution in [0.2, 0.25) is 0 Å². The third-order valence-corrected chi connectivity index (χ3v) is 12.5. The van der Waals surface area contributed by atoms with Crippen molar-refractivity contribution >= 4 is 55.9 Å². The van der Waals surface area contributed by atoms with Gasteiger partial charge in [-0.3, -0.25) is 0 Å². The summed E-state index contributed by atoms with van der Waals surface area (Å²) in [4.78, 5) is 4.15. The van der Waals surface area contributed by atoms with Gasteiger partial charge in [-0.05, 0) is 123 Å². The van der Waals surface area contributed by atoms with Crippen LogP contribution in [-0.4, -0.2) is 4.57 Å². The third kappa shape index (κ3) is 4.82. The number of rotatable bonds is 6. The van der Waals surface area contributed by atoms with Crippen molar-refractivity contribution in [3.05, 3.63) is 241 Å². The van der Waals surface area contributed by atoms with Crippen molar-refractivity contribution in [2.24, 2.45) is 7.05 Å². The smallest absolute Gasteiger partial charge is 0.0725 e. The number of aryl methyl sites for hydroxylation is 1. The highest BCUT2D eigenvalue weighted by Gasteiger charge is 2.51. The molecule has 0 radical (unpaired) electrons. The van der Waals surface area contributed by atoms with E-state index in [0.29, 0.717) is 11.4 Å². The summed E-state index contributed by atoms with van der Waals surface area (Å²) in [6.07, 6.45) is 0. The zero-order valence-corrected chi connectivity index (χ0v) is 32.2. The minimum Gasteiger partial charge on any atom is -0.344 e. The Labute approximate surface area is 351 Å². The lowest BCUT2D eigenvalue weighted by atomic mass is 9.70. The Hall–Kier alpha value is -7.62. The number of nitrogens with zero attached hydrogens (tertiary/aromatic N) is 3. The molecule has 278 valence electrons. The van der Waals surface area contributed by atoms with Crippen molar-refractivity contribution in [1.82, 2.24) is 4.57 Å². The normalized spacial score (nSPS) is 15.8. The van der Waals surface area contributed by atoms with E-state index in [-0.39, 0.29) is 29.9 Å². The first kappa shape index (κ1) is 28.7. The SMILES string of the molecule is [2H]c1c([2H])c([2H])c(N(c2ccccc2)c2ccc3c(c2)-c2ccccc2C32c3ccccc3-c3cc(N(c4ccccc4)c4ccc5c6ccccc6n(C)c5c4)ccc32)c([2H])c1[2H]. The van der Waals surface area contributed by atoms with Crippen LogP contribution in [0.5, 0.6) is 0 Å². The quantitative estimate of drug-likeness (QED) is 0.167. The average Bonchev–Trinajstić information content (AvgIpc) is 3.92. The van der Waals surface area contributed by atoms with Gasteiger partial charge in [-0.2, -0.15) is 0 Å². The predicted octanol–water partition coefficient (Wildman–Crippen LogP) is 14.6. The summed E-state index contributed by atoms with van der Waals surface area (Å²) >= 11 is 0. The molecule has 1 atom stereocenters. The van der Waals surface area contributed by atoms with E-state index in [4.69, 9.17) is 6.85 Å². The van der Waals surface area contributed by atoms with Crippen molar-refractivity contribution in [3.8, 4) is 22.3 Å². The van der Waals surface area contributed by atoms with Crippen LogP contribution in [0.15, 0.2) is 218 Å². The van der Waals surface area contributed by atoms with Gasteiger partial charge < -0.3 is 14.4 Å². The fourth-order valence-electron chi connectivity index (χ4n) is 10.1. The molecule has 3 heteroatoms. The van der Waals surface area contributed by atoms with Crippen molar-refractivity contribution in [2.45, 2.75) is 5.41 Å². The molecule has 2 aliphatic carbocycles. The first-order valence-electron chi connectivity index (χ1n) is 22.5. The maximum atomic E-state index is 9.03. The number of para-hydroxylation sites is 4. The van der Waals surface area contributed by atoms with Crippen LogP contribution in [0.25, 0.3) is 44.1 Å². The molecule has 0 aliphatic heterocycles. The maximum absolute atomic E-state index is 9.03. The highest BCUT2D eigenvalue weighted by atomic mass is 15.1. The molecule has 2 aliphatic rings. The molecule has 1 heterocycles. The van der Waals surface area contributed by atoms with Crippen LogP contribution in [0.3, 0.4) is 0 Å². The molecule has 1 aromatic heterocycles. The van der Waals surface area contributed by atoms with Crippen LogP contribution in [0.1, 0.15) is 29.1 Å². The Morgan fingerprint density at radius 2 is 0.831 bits per heavy atom. The number of anilines is 6. The molecule has 12 rings (SSSR count). The second kappa shape index (κ2) is 13.0. The topological polar surface area (TPSA) is 11.4 Å². The number of hydrogen-bond donors (Lipinski definition) is 0. The summed E-state index contributed by atoms with van der Waals surface area (Å²) in [6.45, 7) is 0. The number of aromatic nitrogens is 1. The van der Waals surface area contributed by atoms with E-state index < -0.39 is 11.5 Å². The van der Waals surface area contributed by atoms with Gasteiger partial charge >= 0.3 is 0 Å². The molecule has 3 nitrogen and oxygen atoms in total. The monoisotopic (exact) mass is 758 g/mol. The molecule has 0 amide bonds. The van der Waals surface area contributed by atoms with Crippen molar-refractivity contribution in [1.29, 1.82) is 0 Å². The summed E-state index contributed by atoms with van der Waals surface area (Å²) in [5.74, 6) is 0. The fourth-order valence-corrected chi connectivity index (χ4v) is 10.1. The Kier molecular flexibility index (Phi) is 6.31. The van der Waals surface area contributed by atoms with E-state index in [1.807, 2.05) is 36.4 Å². The molecular weight excluding hydrogens is 715 g/mol. The number of benzene rings is 9. The highest BCUT2D eigenvalue weighted by Crippen LogP contribution is 2.63. The van der Waals surface area contributed by atoms with Crippen LogP contribution < -0.4 is 9.80 Å². The third-order valence-electron chi connectivity index (χ3n) is 12.5. The molecule has 1 spiro atoms. The van der Waals surface area contributed by atoms with Crippen LogP contribution in [0.4, 0.5) is 34.1 Å². The molecular formula is C56H39N3. The lowest BCUT2D eigenvalue weighted by Gasteiger charge is -2.32. The van der Waals surface area contributed by atoms with Crippen LogP contribution in [0, 0.1) is 0 Å². The second-order valence-electron chi connectivity index (χ2n) is 15.4. The van der Waals surface area contributed by atoms with E-state index in [2.05, 4.69) is 168 Å². The Morgan fingerprint density at radius 1 is 0.373 bits per heavy atom. The lowest BCUT2D eigenvalue weighted by molar-refractivity contribution is 0.793. The summed E-state index contributed by atoms with van der Waals surface area (Å²) in [5.41, 5.74) is 15.6. The van der Waals surface area contributed by atoms with Gasteiger partial charge in [-0.15, -0.1) is 0 Å². The van der Waals surface area contributed by atoms with Crippen molar-refractivity contribution in [3.63, 3.8) is 0 Å². The Balaban J connectivity index is 1.07. The van der Waals surface area contributed by atoms with Crippen molar-refractivity contribution in [2.75, 3.05) is 9.80 Å². The largest absolute Gasteiger partial charge is 0.344 e. The van der Waals surface area contributed by atoms with E-state index in [1.165, 1.54) is 44.1 Å². The first-order chi connectivity index (χ1) is 31.3. The molecule has 0 fully saturated rings. The Bertz CT molecular complexity index is 3520. The molecule has 59 heavy (non-hydrogen) atoms. The number of hydrogen-bond acceptors (Lipinski definition) is 2. The standard InChI is InChI=1S/C56H39N3/c1-57-54-28-16-13-25-46(54)47-32-29-43(37-55(47)57)59(40-21-9-4-10-22-40)42-31-34-53-49(36-42)45-24-12-15-27-51(45)56(53)50-26-14-11-23-44(50)48-35-41(30-33-52(48)56)58(38-17-5-2-6-18-38)39-19-7-3-8-20-39/h2-37H,1H3/i2D,5D,6D,17D,18D. The summed E-state index contributed by atoms with van der Waals surface area (Å²) in [5, 5.41) is 2.46. The van der Waals surface area contributed by atoms with Gasteiger partial charge in [-0.25, -0.2) is 0 Å². The average molecular weight is 759 g/mol. The van der Waals surface area contributed by atoms with Crippen molar-refractivity contribution < 1.29 is 6.85 Å². The zero-order chi connectivity index (χ0) is 43.4. The van der Waals surface area contributed by atoms with Gasteiger partial charge in [0.25, 0.3) is 0 Å². The van der Waals surface area contributed by atoms with Gasteiger partial charge in [-0.1, -0.05) is 139 Å². The van der Waals surface area contributed by atoms with E-state index >= 15 is 0 Å². The van der Waals surface area contributed by atoms with Gasteiger partial charge in [0.15, 0.2) is 0 Å². The summed E-state index contributed by atoms with van der Waals surface area (Å²) in [7, 11) is 2.14. The fraction of sp³-hybridized carbons (Fsp3) is 0.0357. The molecule has 0 bridgehead atoms. The number of fused-ring (bicyclic) bond motifs is 13. The van der Waals surface area contributed by atoms with Gasteiger partial charge in [0.05, 0.1) is 17.8 Å². The molecule has 0 N–H and O–H groups in total. The summed E-state index contributed by atoms with van der Waals surface area (Å²) in [6, 6.07) is 64.4. The molecule has 1 unspecified atom stereocenters. The molecule has 0 saturated carbocycles.